The highest BCUT2D eigenvalue weighted by Crippen LogP contribution is 2.43. The summed E-state index contributed by atoms with van der Waals surface area (Å²) in [5.74, 6) is -0.505. The van der Waals surface area contributed by atoms with Gasteiger partial charge in [0.2, 0.25) is 6.29 Å². The van der Waals surface area contributed by atoms with Gasteiger partial charge in [0.15, 0.2) is 5.78 Å². The zero-order valence-electron chi connectivity index (χ0n) is 18.5. The van der Waals surface area contributed by atoms with Gasteiger partial charge in [0.25, 0.3) is 0 Å². The molecule has 0 unspecified atom stereocenters. The van der Waals surface area contributed by atoms with Crippen molar-refractivity contribution in [2.45, 2.75) is 36.6 Å². The maximum absolute atomic E-state index is 13.3. The van der Waals surface area contributed by atoms with Crippen molar-refractivity contribution in [2.75, 3.05) is 27.4 Å². The molecule has 0 aromatic heterocycles. The van der Waals surface area contributed by atoms with Gasteiger partial charge < -0.3 is 49.2 Å². The number of aliphatic hydroxyl groups excluding tert-OH is 4. The number of hydrogen-bond donors (Lipinski definition) is 5. The minimum absolute atomic E-state index is 0.0196. The van der Waals surface area contributed by atoms with Crippen molar-refractivity contribution in [2.24, 2.45) is 0 Å². The quantitative estimate of drug-likeness (QED) is 0.378. The molecule has 0 aliphatic carbocycles. The Morgan fingerprint density at radius 2 is 1.76 bits per heavy atom. The van der Waals surface area contributed by atoms with Crippen LogP contribution in [0.15, 0.2) is 30.3 Å². The Morgan fingerprint density at radius 1 is 1.00 bits per heavy atom. The van der Waals surface area contributed by atoms with Crippen molar-refractivity contribution in [1.29, 1.82) is 0 Å². The lowest BCUT2D eigenvalue weighted by atomic mass is 9.88. The topological polar surface area (TPSA) is 164 Å². The number of ketones is 1. The molecule has 2 aliphatic rings. The molecule has 11 nitrogen and oxygen atoms in total. The van der Waals surface area contributed by atoms with Gasteiger partial charge in [0, 0.05) is 23.8 Å². The van der Waals surface area contributed by atoms with E-state index in [1.807, 2.05) is 0 Å². The number of hydrogen-bond acceptors (Lipinski definition) is 11. The summed E-state index contributed by atoms with van der Waals surface area (Å²) in [6, 6.07) is 7.53. The number of rotatable bonds is 6. The van der Waals surface area contributed by atoms with Gasteiger partial charge in [-0.3, -0.25) is 4.79 Å². The predicted molar refractivity (Wildman–Crippen MR) is 115 cm³/mol. The number of methoxy groups -OCH3 is 2. The molecule has 184 valence electrons. The van der Waals surface area contributed by atoms with Crippen LogP contribution in [-0.4, -0.2) is 89.5 Å². The highest BCUT2D eigenvalue weighted by molar-refractivity contribution is 6.06. The number of phenolic OH excluding ortho intramolecular Hbond substituents is 1. The Bertz CT molecular complexity index is 1050. The van der Waals surface area contributed by atoms with Gasteiger partial charge >= 0.3 is 0 Å². The van der Waals surface area contributed by atoms with E-state index in [1.54, 1.807) is 18.2 Å². The summed E-state index contributed by atoms with van der Waals surface area (Å²) in [7, 11) is 2.99. The van der Waals surface area contributed by atoms with Crippen molar-refractivity contribution in [3.05, 3.63) is 41.5 Å². The van der Waals surface area contributed by atoms with Crippen LogP contribution in [0.25, 0.3) is 0 Å². The number of phenols is 1. The molecule has 1 saturated heterocycles. The largest absolute Gasteiger partial charge is 0.507 e. The first-order valence-corrected chi connectivity index (χ1v) is 10.5. The third kappa shape index (κ3) is 4.24. The molecule has 0 spiro atoms. The molecule has 1 fully saturated rings. The van der Waals surface area contributed by atoms with Crippen LogP contribution in [0.4, 0.5) is 0 Å². The Morgan fingerprint density at radius 3 is 2.44 bits per heavy atom. The monoisotopic (exact) mass is 478 g/mol. The average molecular weight is 478 g/mol. The van der Waals surface area contributed by atoms with Gasteiger partial charge in [-0.2, -0.15) is 0 Å². The first-order valence-electron chi connectivity index (χ1n) is 10.5. The minimum atomic E-state index is -1.63. The molecular weight excluding hydrogens is 452 g/mol. The summed E-state index contributed by atoms with van der Waals surface area (Å²) in [4.78, 5) is 13.3. The third-order valence-corrected chi connectivity index (χ3v) is 5.94. The zero-order valence-corrected chi connectivity index (χ0v) is 18.5. The predicted octanol–water partition coefficient (Wildman–Crippen LogP) is -0.0530. The number of ether oxygens (including phenoxy) is 5. The summed E-state index contributed by atoms with van der Waals surface area (Å²) >= 11 is 0. The fourth-order valence-corrected chi connectivity index (χ4v) is 4.06. The van der Waals surface area contributed by atoms with Crippen molar-refractivity contribution in [1.82, 2.24) is 0 Å². The van der Waals surface area contributed by atoms with Crippen LogP contribution in [0.2, 0.25) is 0 Å². The molecule has 6 atom stereocenters. The van der Waals surface area contributed by atoms with Gasteiger partial charge in [0.1, 0.15) is 65.3 Å². The Labute approximate surface area is 194 Å². The van der Waals surface area contributed by atoms with Crippen molar-refractivity contribution < 1.29 is 54.0 Å². The summed E-state index contributed by atoms with van der Waals surface area (Å²) in [6.45, 7) is -0.647. The van der Waals surface area contributed by atoms with Gasteiger partial charge in [-0.15, -0.1) is 0 Å². The normalized spacial score (nSPS) is 28.6. The first-order chi connectivity index (χ1) is 16.3. The van der Waals surface area contributed by atoms with Crippen LogP contribution in [-0.2, 0) is 4.74 Å². The van der Waals surface area contributed by atoms with Crippen LogP contribution in [0.1, 0.15) is 21.8 Å². The van der Waals surface area contributed by atoms with Crippen LogP contribution in [0.5, 0.6) is 28.7 Å². The zero-order chi connectivity index (χ0) is 24.6. The van der Waals surface area contributed by atoms with E-state index in [0.29, 0.717) is 17.1 Å². The highest BCUT2D eigenvalue weighted by atomic mass is 16.7. The smallest absolute Gasteiger partial charge is 0.229 e. The number of fused-ring (bicyclic) bond motifs is 1. The molecule has 34 heavy (non-hydrogen) atoms. The fourth-order valence-electron chi connectivity index (χ4n) is 4.06. The van der Waals surface area contributed by atoms with Crippen LogP contribution >= 0.6 is 0 Å². The Kier molecular flexibility index (Phi) is 6.82. The summed E-state index contributed by atoms with van der Waals surface area (Å²) in [6.07, 6.45) is -7.41. The molecule has 2 heterocycles. The molecule has 2 aromatic rings. The van der Waals surface area contributed by atoms with Crippen molar-refractivity contribution in [3.8, 4) is 28.7 Å². The Balaban J connectivity index is 1.59. The molecule has 4 rings (SSSR count). The minimum Gasteiger partial charge on any atom is -0.507 e. The molecule has 0 amide bonds. The van der Waals surface area contributed by atoms with Gasteiger partial charge in [-0.1, -0.05) is 6.07 Å². The van der Waals surface area contributed by atoms with Crippen LogP contribution in [0.3, 0.4) is 0 Å². The second-order valence-electron chi connectivity index (χ2n) is 7.97. The number of aliphatic hydroxyl groups is 4. The van der Waals surface area contributed by atoms with Gasteiger partial charge in [-0.25, -0.2) is 0 Å². The lowest BCUT2D eigenvalue weighted by Gasteiger charge is -2.39. The van der Waals surface area contributed by atoms with Gasteiger partial charge in [0.05, 0.1) is 26.7 Å². The lowest BCUT2D eigenvalue weighted by molar-refractivity contribution is -0.277. The maximum atomic E-state index is 13.3. The fraction of sp³-hybridized carbons (Fsp3) is 0.435. The molecule has 0 bridgehead atoms. The molecule has 0 saturated carbocycles. The third-order valence-electron chi connectivity index (χ3n) is 5.94. The molecule has 5 N–H and O–H groups in total. The molecule has 0 radical (unpaired) electrons. The van der Waals surface area contributed by atoms with Crippen LogP contribution in [0, 0.1) is 0 Å². The SMILES string of the molecule is COc1ccc([C@@H]2COc3cc(O[C@@H]4O[C@H](CO)[C@@H](O)[C@H](O)[C@H]4O)cc(O)c3C2=O)c(OC)c1. The summed E-state index contributed by atoms with van der Waals surface area (Å²) in [5, 5.41) is 49.9. The summed E-state index contributed by atoms with van der Waals surface area (Å²) in [5.41, 5.74) is 0.523. The second kappa shape index (κ2) is 9.65. The van der Waals surface area contributed by atoms with E-state index in [0.717, 1.165) is 6.07 Å². The first kappa shape index (κ1) is 24.0. The molecular formula is C23H26O11. The number of aromatic hydroxyl groups is 1. The van der Waals surface area contributed by atoms with E-state index in [9.17, 15) is 30.3 Å². The number of Topliss-reactive ketones (excluding diaryl/α,β-unsaturated/α-hetero) is 1. The van der Waals surface area contributed by atoms with E-state index in [4.69, 9.17) is 23.7 Å². The van der Waals surface area contributed by atoms with E-state index in [2.05, 4.69) is 0 Å². The summed E-state index contributed by atoms with van der Waals surface area (Å²) < 4.78 is 27.2. The molecule has 2 aliphatic heterocycles. The second-order valence-corrected chi connectivity index (χ2v) is 7.97. The Hall–Kier alpha value is -3.09. The highest BCUT2D eigenvalue weighted by Gasteiger charge is 2.45. The number of carbonyl (C=O) groups excluding carboxylic acids is 1. The van der Waals surface area contributed by atoms with E-state index in [1.165, 1.54) is 20.3 Å². The van der Waals surface area contributed by atoms with E-state index >= 15 is 0 Å². The van der Waals surface area contributed by atoms with Crippen LogP contribution < -0.4 is 18.9 Å². The van der Waals surface area contributed by atoms with E-state index < -0.39 is 49.0 Å². The van der Waals surface area contributed by atoms with Gasteiger partial charge in [-0.05, 0) is 6.07 Å². The maximum Gasteiger partial charge on any atom is 0.229 e. The van der Waals surface area contributed by atoms with E-state index in [-0.39, 0.29) is 29.5 Å². The van der Waals surface area contributed by atoms with Crippen molar-refractivity contribution in [3.63, 3.8) is 0 Å². The average Bonchev–Trinajstić information content (AvgIpc) is 2.84. The molecule has 11 heteroatoms. The van der Waals surface area contributed by atoms with Crippen molar-refractivity contribution >= 4 is 5.78 Å². The molecule has 2 aromatic carbocycles. The standard InChI is InChI=1S/C23H26O11/c1-30-10-3-4-12(15(6-10)31-2)13-9-32-16-7-11(5-14(25)18(16)19(13)26)33-23-22(29)21(28)20(27)17(8-24)34-23/h3-7,13,17,20-25,27-29H,8-9H2,1-2H3/t13-,17+,20+,21-,22+,23+/m0/s1. The number of benzene rings is 2. The lowest BCUT2D eigenvalue weighted by Crippen LogP contribution is -2.60. The number of carbonyl (C=O) groups is 1.